The number of fused-ring (bicyclic) bond motifs is 1. The van der Waals surface area contributed by atoms with Crippen LogP contribution >= 0.6 is 0 Å². The Morgan fingerprint density at radius 2 is 2.00 bits per heavy atom. The lowest BCUT2D eigenvalue weighted by Gasteiger charge is -2.33. The predicted octanol–water partition coefficient (Wildman–Crippen LogP) is 1.96. The summed E-state index contributed by atoms with van der Waals surface area (Å²) in [4.78, 5) is 40.3. The van der Waals surface area contributed by atoms with E-state index in [1.54, 1.807) is 0 Å². The molecule has 24 heavy (non-hydrogen) atoms. The smallest absolute Gasteiger partial charge is 0.410 e. The third-order valence-electron chi connectivity index (χ3n) is 4.48. The largest absolute Gasteiger partial charge is 0.445 e. The number of amides is 3. The molecule has 0 aromatic heterocycles. The van der Waals surface area contributed by atoms with Crippen LogP contribution in [0.2, 0.25) is 0 Å². The van der Waals surface area contributed by atoms with E-state index in [1.165, 1.54) is 15.9 Å². The Morgan fingerprint density at radius 1 is 1.25 bits per heavy atom. The van der Waals surface area contributed by atoms with E-state index in [1.807, 2.05) is 30.3 Å². The minimum absolute atomic E-state index is 0.0859. The van der Waals surface area contributed by atoms with E-state index in [0.717, 1.165) is 5.56 Å². The maximum atomic E-state index is 12.8. The number of carbonyl (C=O) groups is 3. The van der Waals surface area contributed by atoms with Crippen LogP contribution in [0.3, 0.4) is 0 Å². The summed E-state index contributed by atoms with van der Waals surface area (Å²) in [5.41, 5.74) is 0.888. The molecule has 2 aliphatic heterocycles. The second-order valence-electron chi connectivity index (χ2n) is 6.00. The SMILES string of the molecule is C=CCOC(=O)N1CCC[C@H]2C(=O)N(Cc3ccccc3)C(=O)[C@H]21. The third-order valence-corrected chi connectivity index (χ3v) is 4.48. The topological polar surface area (TPSA) is 66.9 Å². The molecular formula is C18H20N2O4. The maximum Gasteiger partial charge on any atom is 0.410 e. The van der Waals surface area contributed by atoms with Crippen molar-refractivity contribution in [1.82, 2.24) is 9.80 Å². The number of hydrogen-bond donors (Lipinski definition) is 0. The molecule has 0 bridgehead atoms. The minimum Gasteiger partial charge on any atom is -0.445 e. The van der Waals surface area contributed by atoms with Crippen molar-refractivity contribution in [2.45, 2.75) is 25.4 Å². The van der Waals surface area contributed by atoms with E-state index >= 15 is 0 Å². The highest BCUT2D eigenvalue weighted by atomic mass is 16.6. The van der Waals surface area contributed by atoms with Gasteiger partial charge in [0, 0.05) is 6.54 Å². The molecule has 0 radical (unpaired) electrons. The summed E-state index contributed by atoms with van der Waals surface area (Å²) in [6.07, 6.45) is 2.21. The van der Waals surface area contributed by atoms with Crippen molar-refractivity contribution in [2.24, 2.45) is 5.92 Å². The molecule has 3 amide bonds. The fourth-order valence-corrected chi connectivity index (χ4v) is 3.37. The first-order chi connectivity index (χ1) is 11.6. The molecule has 0 saturated carbocycles. The summed E-state index contributed by atoms with van der Waals surface area (Å²) in [6, 6.07) is 8.62. The lowest BCUT2D eigenvalue weighted by Crippen LogP contribution is -2.51. The zero-order chi connectivity index (χ0) is 17.1. The number of hydrogen-bond acceptors (Lipinski definition) is 4. The molecule has 0 unspecified atom stereocenters. The number of carbonyl (C=O) groups excluding carboxylic acids is 3. The van der Waals surface area contributed by atoms with Crippen molar-refractivity contribution in [3.63, 3.8) is 0 Å². The molecule has 6 nitrogen and oxygen atoms in total. The van der Waals surface area contributed by atoms with Crippen molar-refractivity contribution < 1.29 is 19.1 Å². The first-order valence-electron chi connectivity index (χ1n) is 8.07. The molecule has 3 rings (SSSR count). The summed E-state index contributed by atoms with van der Waals surface area (Å²) in [6.45, 7) is 4.25. The van der Waals surface area contributed by atoms with Gasteiger partial charge in [0.25, 0.3) is 5.91 Å². The summed E-state index contributed by atoms with van der Waals surface area (Å²) in [5.74, 6) is -0.981. The van der Waals surface area contributed by atoms with Gasteiger partial charge in [-0.3, -0.25) is 19.4 Å². The average molecular weight is 328 g/mol. The zero-order valence-corrected chi connectivity index (χ0v) is 13.4. The second kappa shape index (κ2) is 6.86. The summed E-state index contributed by atoms with van der Waals surface area (Å²) in [5, 5.41) is 0. The monoisotopic (exact) mass is 328 g/mol. The first-order valence-corrected chi connectivity index (χ1v) is 8.07. The number of imide groups is 1. The standard InChI is InChI=1S/C18H20N2O4/c1-2-11-24-18(23)19-10-6-9-14-15(19)17(22)20(16(14)21)12-13-7-4-3-5-8-13/h2-5,7-8,14-15H,1,6,9-12H2/t14-,15+/m1/s1. The van der Waals surface area contributed by atoms with Crippen LogP contribution in [0.5, 0.6) is 0 Å². The van der Waals surface area contributed by atoms with E-state index in [2.05, 4.69) is 6.58 Å². The predicted molar refractivity (Wildman–Crippen MR) is 86.8 cm³/mol. The Balaban J connectivity index is 1.79. The van der Waals surface area contributed by atoms with Crippen LogP contribution < -0.4 is 0 Å². The average Bonchev–Trinajstić information content (AvgIpc) is 2.85. The van der Waals surface area contributed by atoms with Gasteiger partial charge in [-0.1, -0.05) is 43.0 Å². The first kappa shape index (κ1) is 16.2. The summed E-state index contributed by atoms with van der Waals surface area (Å²) in [7, 11) is 0. The van der Waals surface area contributed by atoms with Gasteiger partial charge in [0.05, 0.1) is 12.5 Å². The van der Waals surface area contributed by atoms with Crippen molar-refractivity contribution in [3.05, 3.63) is 48.6 Å². The molecule has 2 atom stereocenters. The summed E-state index contributed by atoms with van der Waals surface area (Å²) >= 11 is 0. The van der Waals surface area contributed by atoms with Crippen LogP contribution in [0.1, 0.15) is 18.4 Å². The van der Waals surface area contributed by atoms with Gasteiger partial charge in [0.2, 0.25) is 5.91 Å². The Morgan fingerprint density at radius 3 is 2.71 bits per heavy atom. The molecule has 6 heteroatoms. The number of likely N-dealkylation sites (tertiary alicyclic amines) is 2. The van der Waals surface area contributed by atoms with E-state index in [9.17, 15) is 14.4 Å². The van der Waals surface area contributed by atoms with Gasteiger partial charge >= 0.3 is 6.09 Å². The molecule has 126 valence electrons. The van der Waals surface area contributed by atoms with Gasteiger partial charge in [-0.25, -0.2) is 4.79 Å². The Labute approximate surface area is 140 Å². The van der Waals surface area contributed by atoms with Gasteiger partial charge in [-0.2, -0.15) is 0 Å². The van der Waals surface area contributed by atoms with Crippen molar-refractivity contribution in [3.8, 4) is 0 Å². The van der Waals surface area contributed by atoms with E-state index in [4.69, 9.17) is 4.74 Å². The van der Waals surface area contributed by atoms with E-state index in [-0.39, 0.29) is 25.0 Å². The zero-order valence-electron chi connectivity index (χ0n) is 13.4. The molecule has 2 fully saturated rings. The van der Waals surface area contributed by atoms with E-state index < -0.39 is 18.1 Å². The fourth-order valence-electron chi connectivity index (χ4n) is 3.37. The third kappa shape index (κ3) is 2.91. The molecule has 2 saturated heterocycles. The second-order valence-corrected chi connectivity index (χ2v) is 6.00. The van der Waals surface area contributed by atoms with Crippen LogP contribution in [-0.4, -0.2) is 46.9 Å². The van der Waals surface area contributed by atoms with Crippen molar-refractivity contribution in [1.29, 1.82) is 0 Å². The summed E-state index contributed by atoms with van der Waals surface area (Å²) < 4.78 is 5.06. The van der Waals surface area contributed by atoms with Gasteiger partial charge in [0.1, 0.15) is 12.6 Å². The van der Waals surface area contributed by atoms with Crippen LogP contribution in [0.15, 0.2) is 43.0 Å². The minimum atomic E-state index is -0.743. The van der Waals surface area contributed by atoms with Crippen LogP contribution in [-0.2, 0) is 20.9 Å². The molecule has 0 aliphatic carbocycles. The molecule has 1 aromatic rings. The van der Waals surface area contributed by atoms with Gasteiger partial charge in [-0.15, -0.1) is 0 Å². The number of piperidine rings is 1. The number of nitrogens with zero attached hydrogens (tertiary/aromatic N) is 2. The van der Waals surface area contributed by atoms with Gasteiger partial charge in [0.15, 0.2) is 0 Å². The quantitative estimate of drug-likeness (QED) is 0.626. The number of ether oxygens (including phenoxy) is 1. The fraction of sp³-hybridized carbons (Fsp3) is 0.389. The lowest BCUT2D eigenvalue weighted by molar-refractivity contribution is -0.140. The molecule has 0 spiro atoms. The number of benzene rings is 1. The lowest BCUT2D eigenvalue weighted by atomic mass is 9.91. The van der Waals surface area contributed by atoms with Gasteiger partial charge in [-0.05, 0) is 18.4 Å². The Kier molecular flexibility index (Phi) is 4.64. The molecule has 2 heterocycles. The molecule has 0 N–H and O–H groups in total. The van der Waals surface area contributed by atoms with Crippen molar-refractivity contribution in [2.75, 3.05) is 13.2 Å². The number of rotatable bonds is 4. The highest BCUT2D eigenvalue weighted by Crippen LogP contribution is 2.34. The van der Waals surface area contributed by atoms with E-state index in [0.29, 0.717) is 19.4 Å². The molecule has 2 aliphatic rings. The van der Waals surface area contributed by atoms with Crippen LogP contribution in [0, 0.1) is 5.92 Å². The van der Waals surface area contributed by atoms with Crippen LogP contribution in [0.25, 0.3) is 0 Å². The highest BCUT2D eigenvalue weighted by molar-refractivity contribution is 6.08. The maximum absolute atomic E-state index is 12.8. The molecular weight excluding hydrogens is 308 g/mol. The molecule has 1 aromatic carbocycles. The highest BCUT2D eigenvalue weighted by Gasteiger charge is 2.53. The van der Waals surface area contributed by atoms with Crippen molar-refractivity contribution >= 4 is 17.9 Å². The Hall–Kier alpha value is -2.63. The normalized spacial score (nSPS) is 23.2. The Bertz CT molecular complexity index is 658. The van der Waals surface area contributed by atoms with Crippen LogP contribution in [0.4, 0.5) is 4.79 Å². The van der Waals surface area contributed by atoms with Gasteiger partial charge < -0.3 is 4.74 Å².